The molecule has 0 bridgehead atoms. The smallest absolute Gasteiger partial charge is 0.416 e. The Balaban J connectivity index is 0.00000192. The molecule has 23 heavy (non-hydrogen) atoms. The topological polar surface area (TPSA) is 64.1 Å². The maximum atomic E-state index is 12.6. The highest BCUT2D eigenvalue weighted by molar-refractivity contribution is 5.85. The van der Waals surface area contributed by atoms with Crippen molar-refractivity contribution in [1.29, 1.82) is 0 Å². The van der Waals surface area contributed by atoms with E-state index in [0.717, 1.165) is 12.1 Å². The van der Waals surface area contributed by atoms with Gasteiger partial charge in [0, 0.05) is 11.9 Å². The monoisotopic (exact) mass is 343 g/mol. The zero-order valence-corrected chi connectivity index (χ0v) is 12.5. The molecule has 0 unspecified atom stereocenters. The summed E-state index contributed by atoms with van der Waals surface area (Å²) in [6, 6.07) is 9.38. The van der Waals surface area contributed by atoms with E-state index in [0.29, 0.717) is 22.3 Å². The quantitative estimate of drug-likeness (QED) is 0.746. The third-order valence-electron chi connectivity index (χ3n) is 3.37. The maximum absolute atomic E-state index is 12.6. The number of phenols is 1. The van der Waals surface area contributed by atoms with Gasteiger partial charge in [0.05, 0.1) is 22.5 Å². The number of aromatic nitrogens is 2. The number of rotatable bonds is 2. The van der Waals surface area contributed by atoms with Crippen LogP contribution < -0.4 is 5.73 Å². The molecule has 0 aliphatic carbocycles. The van der Waals surface area contributed by atoms with Gasteiger partial charge < -0.3 is 10.8 Å². The van der Waals surface area contributed by atoms with Crippen molar-refractivity contribution in [1.82, 2.24) is 9.78 Å². The van der Waals surface area contributed by atoms with E-state index in [1.807, 2.05) is 0 Å². The van der Waals surface area contributed by atoms with Crippen LogP contribution in [0, 0.1) is 0 Å². The summed E-state index contributed by atoms with van der Waals surface area (Å²) in [5.41, 5.74) is 6.63. The second-order valence-electron chi connectivity index (χ2n) is 4.81. The van der Waals surface area contributed by atoms with Crippen LogP contribution in [0.4, 0.5) is 13.2 Å². The van der Waals surface area contributed by atoms with E-state index in [1.54, 1.807) is 6.07 Å². The Hall–Kier alpha value is -2.25. The summed E-state index contributed by atoms with van der Waals surface area (Å²) in [5, 5.41) is 14.5. The van der Waals surface area contributed by atoms with E-state index in [1.165, 1.54) is 28.9 Å². The van der Waals surface area contributed by atoms with Gasteiger partial charge in [-0.3, -0.25) is 0 Å². The summed E-state index contributed by atoms with van der Waals surface area (Å²) in [4.78, 5) is 0. The van der Waals surface area contributed by atoms with Crippen LogP contribution >= 0.6 is 12.4 Å². The molecule has 1 aromatic heterocycles. The second kappa shape index (κ2) is 6.10. The van der Waals surface area contributed by atoms with Crippen LogP contribution in [-0.4, -0.2) is 14.9 Å². The minimum atomic E-state index is -4.38. The largest absolute Gasteiger partial charge is 0.508 e. The molecule has 0 fully saturated rings. The lowest BCUT2D eigenvalue weighted by molar-refractivity contribution is -0.137. The summed E-state index contributed by atoms with van der Waals surface area (Å²) in [7, 11) is 0. The summed E-state index contributed by atoms with van der Waals surface area (Å²) in [6.07, 6.45) is -4.38. The molecule has 2 aromatic carbocycles. The molecular weight excluding hydrogens is 331 g/mol. The van der Waals surface area contributed by atoms with Gasteiger partial charge in [0.25, 0.3) is 0 Å². The molecule has 1 heterocycles. The van der Waals surface area contributed by atoms with Gasteiger partial charge in [-0.05, 0) is 42.5 Å². The van der Waals surface area contributed by atoms with Gasteiger partial charge in [0.1, 0.15) is 5.75 Å². The van der Waals surface area contributed by atoms with Crippen molar-refractivity contribution in [3.8, 4) is 11.4 Å². The lowest BCUT2D eigenvalue weighted by atomic mass is 10.2. The molecule has 0 spiro atoms. The molecule has 8 heteroatoms. The molecule has 0 atom stereocenters. The van der Waals surface area contributed by atoms with Crippen molar-refractivity contribution >= 4 is 23.3 Å². The highest BCUT2D eigenvalue weighted by Gasteiger charge is 2.30. The van der Waals surface area contributed by atoms with E-state index in [9.17, 15) is 18.3 Å². The Morgan fingerprint density at radius 3 is 2.30 bits per heavy atom. The molecule has 0 saturated carbocycles. The third-order valence-corrected chi connectivity index (χ3v) is 3.37. The van der Waals surface area contributed by atoms with E-state index in [2.05, 4.69) is 5.10 Å². The number of aromatic hydroxyl groups is 1. The van der Waals surface area contributed by atoms with Gasteiger partial charge in [-0.15, -0.1) is 12.4 Å². The average molecular weight is 344 g/mol. The fourth-order valence-electron chi connectivity index (χ4n) is 2.31. The first-order valence-electron chi connectivity index (χ1n) is 6.48. The van der Waals surface area contributed by atoms with Crippen LogP contribution in [0.25, 0.3) is 16.6 Å². The van der Waals surface area contributed by atoms with Gasteiger partial charge >= 0.3 is 6.18 Å². The normalized spacial score (nSPS) is 11.5. The van der Waals surface area contributed by atoms with Crippen LogP contribution in [0.3, 0.4) is 0 Å². The lowest BCUT2D eigenvalue weighted by Crippen LogP contribution is -2.05. The lowest BCUT2D eigenvalue weighted by Gasteiger charge is -2.08. The molecular formula is C15H13ClF3N3O. The number of alkyl halides is 3. The van der Waals surface area contributed by atoms with Gasteiger partial charge in [0.15, 0.2) is 0 Å². The van der Waals surface area contributed by atoms with Gasteiger partial charge in [0.2, 0.25) is 0 Å². The van der Waals surface area contributed by atoms with E-state index < -0.39 is 11.7 Å². The molecule has 3 N–H and O–H groups in total. The number of phenolic OH excluding ortho intramolecular Hbond substituents is 1. The van der Waals surface area contributed by atoms with Crippen LogP contribution in [0.15, 0.2) is 42.5 Å². The van der Waals surface area contributed by atoms with Crippen molar-refractivity contribution < 1.29 is 18.3 Å². The SMILES string of the molecule is Cl.NCc1nn(-c2ccc(C(F)(F)F)cc2)c2ccc(O)cc12. The van der Waals surface area contributed by atoms with E-state index >= 15 is 0 Å². The Labute approximate surface area is 135 Å². The van der Waals surface area contributed by atoms with Crippen LogP contribution in [-0.2, 0) is 12.7 Å². The Morgan fingerprint density at radius 2 is 1.74 bits per heavy atom. The zero-order valence-electron chi connectivity index (χ0n) is 11.7. The molecule has 3 rings (SSSR count). The minimum Gasteiger partial charge on any atom is -0.508 e. The molecule has 0 aliphatic heterocycles. The van der Waals surface area contributed by atoms with Crippen molar-refractivity contribution in [3.05, 3.63) is 53.7 Å². The minimum absolute atomic E-state index is 0. The Morgan fingerprint density at radius 1 is 1.09 bits per heavy atom. The number of hydrogen-bond acceptors (Lipinski definition) is 3. The fraction of sp³-hybridized carbons (Fsp3) is 0.133. The predicted molar refractivity (Wildman–Crippen MR) is 82.9 cm³/mol. The number of fused-ring (bicyclic) bond motifs is 1. The van der Waals surface area contributed by atoms with E-state index in [4.69, 9.17) is 5.73 Å². The molecule has 0 saturated heterocycles. The summed E-state index contributed by atoms with van der Waals surface area (Å²) < 4.78 is 39.3. The number of benzene rings is 2. The highest BCUT2D eigenvalue weighted by Crippen LogP contribution is 2.31. The number of nitrogens with zero attached hydrogens (tertiary/aromatic N) is 2. The van der Waals surface area contributed by atoms with Crippen molar-refractivity contribution in [2.75, 3.05) is 0 Å². The Bertz CT molecular complexity index is 828. The van der Waals surface area contributed by atoms with Crippen molar-refractivity contribution in [3.63, 3.8) is 0 Å². The first-order chi connectivity index (χ1) is 10.4. The molecule has 0 aliphatic rings. The molecule has 3 aromatic rings. The molecule has 4 nitrogen and oxygen atoms in total. The Kier molecular flexibility index (Phi) is 4.53. The average Bonchev–Trinajstić information content (AvgIpc) is 2.84. The van der Waals surface area contributed by atoms with Crippen LogP contribution in [0.2, 0.25) is 0 Å². The van der Waals surface area contributed by atoms with Gasteiger partial charge in [-0.25, -0.2) is 4.68 Å². The molecule has 0 radical (unpaired) electrons. The summed E-state index contributed by atoms with van der Waals surface area (Å²) in [5.74, 6) is 0.0779. The number of halogens is 4. The van der Waals surface area contributed by atoms with Gasteiger partial charge in [-0.2, -0.15) is 18.3 Å². The van der Waals surface area contributed by atoms with Crippen LogP contribution in [0.1, 0.15) is 11.3 Å². The van der Waals surface area contributed by atoms with Gasteiger partial charge in [-0.1, -0.05) is 0 Å². The van der Waals surface area contributed by atoms with E-state index in [-0.39, 0.29) is 24.7 Å². The number of hydrogen-bond donors (Lipinski definition) is 2. The van der Waals surface area contributed by atoms with Crippen LogP contribution in [0.5, 0.6) is 5.75 Å². The molecule has 0 amide bonds. The summed E-state index contributed by atoms with van der Waals surface area (Å²) >= 11 is 0. The zero-order chi connectivity index (χ0) is 15.9. The predicted octanol–water partition coefficient (Wildman–Crippen LogP) is 3.63. The van der Waals surface area contributed by atoms with Crippen molar-refractivity contribution in [2.24, 2.45) is 5.73 Å². The second-order valence-corrected chi connectivity index (χ2v) is 4.81. The molecule has 122 valence electrons. The van der Waals surface area contributed by atoms with Crippen molar-refractivity contribution in [2.45, 2.75) is 12.7 Å². The fourth-order valence-corrected chi connectivity index (χ4v) is 2.31. The maximum Gasteiger partial charge on any atom is 0.416 e. The highest BCUT2D eigenvalue weighted by atomic mass is 35.5. The number of nitrogens with two attached hydrogens (primary N) is 1. The standard InChI is InChI=1S/C15H12F3N3O.ClH/c16-15(17,18)9-1-3-10(4-2-9)21-14-6-5-11(22)7-12(14)13(8-19)20-21;/h1-7,22H,8,19H2;1H. The summed E-state index contributed by atoms with van der Waals surface area (Å²) in [6.45, 7) is 0.160. The first-order valence-corrected chi connectivity index (χ1v) is 6.48. The third kappa shape index (κ3) is 3.11. The first kappa shape index (κ1) is 17.1.